The molecule has 1 aliphatic rings. The third-order valence-corrected chi connectivity index (χ3v) is 4.20. The quantitative estimate of drug-likeness (QED) is 0.715. The van der Waals surface area contributed by atoms with Crippen LogP contribution in [0.5, 0.6) is 5.75 Å². The molecule has 0 bridgehead atoms. The van der Waals surface area contributed by atoms with E-state index in [-0.39, 0.29) is 24.0 Å². The molecule has 2 amide bonds. The van der Waals surface area contributed by atoms with E-state index in [9.17, 15) is 14.0 Å². The number of amides is 2. The third-order valence-electron chi connectivity index (χ3n) is 4.20. The number of benzene rings is 2. The number of hydrogen-bond donors (Lipinski definition) is 2. The first-order valence-corrected chi connectivity index (χ1v) is 8.56. The highest BCUT2D eigenvalue weighted by Crippen LogP contribution is 2.26. The number of halogens is 1. The van der Waals surface area contributed by atoms with Gasteiger partial charge in [-0.1, -0.05) is 29.5 Å². The van der Waals surface area contributed by atoms with Gasteiger partial charge in [0.1, 0.15) is 24.2 Å². The van der Waals surface area contributed by atoms with Gasteiger partial charge < -0.3 is 15.4 Å². The molecule has 0 spiro atoms. The summed E-state index contributed by atoms with van der Waals surface area (Å²) in [5.74, 6) is -0.705. The van der Waals surface area contributed by atoms with E-state index in [1.54, 1.807) is 36.4 Å². The minimum absolute atomic E-state index is 0.00168. The summed E-state index contributed by atoms with van der Waals surface area (Å²) in [7, 11) is 0. The van der Waals surface area contributed by atoms with Crippen LogP contribution in [0.2, 0.25) is 0 Å². The minimum atomic E-state index is -0.873. The molecule has 2 heterocycles. The Hall–Kier alpha value is -3.75. The number of carbonyl (C=O) groups excluding carboxylic acids is 2. The smallest absolute Gasteiger partial charge is 0.274 e. The van der Waals surface area contributed by atoms with Crippen LogP contribution in [0.4, 0.5) is 10.1 Å². The van der Waals surface area contributed by atoms with Gasteiger partial charge in [-0.3, -0.25) is 9.59 Å². The number of anilines is 1. The Morgan fingerprint density at radius 2 is 2.04 bits per heavy atom. The van der Waals surface area contributed by atoms with Gasteiger partial charge in [0.2, 0.25) is 0 Å². The Balaban J connectivity index is 1.41. The van der Waals surface area contributed by atoms with Crippen LogP contribution in [-0.2, 0) is 11.3 Å². The van der Waals surface area contributed by atoms with E-state index in [0.717, 1.165) is 5.56 Å². The molecule has 1 aromatic heterocycles. The highest BCUT2D eigenvalue weighted by Gasteiger charge is 2.27. The average Bonchev–Trinajstić information content (AvgIpc) is 3.10. The van der Waals surface area contributed by atoms with E-state index < -0.39 is 11.9 Å². The van der Waals surface area contributed by atoms with Crippen LogP contribution in [0.1, 0.15) is 16.1 Å². The molecule has 0 aliphatic carbocycles. The van der Waals surface area contributed by atoms with Crippen molar-refractivity contribution in [2.24, 2.45) is 0 Å². The lowest BCUT2D eigenvalue weighted by molar-refractivity contribution is -0.118. The first kappa shape index (κ1) is 17.7. The molecule has 8 nitrogen and oxygen atoms in total. The molecule has 0 saturated heterocycles. The van der Waals surface area contributed by atoms with Crippen molar-refractivity contribution in [1.29, 1.82) is 0 Å². The van der Waals surface area contributed by atoms with Crippen LogP contribution in [0.3, 0.4) is 0 Å². The van der Waals surface area contributed by atoms with Crippen LogP contribution in [-0.4, -0.2) is 39.5 Å². The van der Waals surface area contributed by atoms with Gasteiger partial charge in [-0.25, -0.2) is 9.07 Å². The lowest BCUT2D eigenvalue weighted by Gasteiger charge is -2.13. The monoisotopic (exact) mass is 381 g/mol. The van der Waals surface area contributed by atoms with Crippen LogP contribution in [0.25, 0.3) is 0 Å². The number of ether oxygens (including phenoxy) is 1. The van der Waals surface area contributed by atoms with Crippen molar-refractivity contribution >= 4 is 17.5 Å². The van der Waals surface area contributed by atoms with E-state index in [2.05, 4.69) is 20.9 Å². The van der Waals surface area contributed by atoms with Crippen LogP contribution in [0.15, 0.2) is 54.7 Å². The summed E-state index contributed by atoms with van der Waals surface area (Å²) in [6.45, 7) is 0.335. The molecule has 28 heavy (non-hydrogen) atoms. The number of fused-ring (bicyclic) bond motifs is 1. The zero-order valence-electron chi connectivity index (χ0n) is 14.6. The Bertz CT molecular complexity index is 1020. The van der Waals surface area contributed by atoms with Gasteiger partial charge in [0, 0.05) is 0 Å². The van der Waals surface area contributed by atoms with Gasteiger partial charge in [0.25, 0.3) is 11.8 Å². The third kappa shape index (κ3) is 3.83. The summed E-state index contributed by atoms with van der Waals surface area (Å²) in [6.07, 6.45) is 1.46. The van der Waals surface area contributed by atoms with E-state index in [1.807, 2.05) is 0 Å². The second-order valence-corrected chi connectivity index (χ2v) is 6.25. The van der Waals surface area contributed by atoms with Crippen LogP contribution < -0.4 is 15.4 Å². The fourth-order valence-electron chi connectivity index (χ4n) is 2.76. The number of carbonyl (C=O) groups is 2. The van der Waals surface area contributed by atoms with Gasteiger partial charge in [-0.15, -0.1) is 5.10 Å². The zero-order chi connectivity index (χ0) is 19.5. The lowest BCUT2D eigenvalue weighted by atomic mass is 10.2. The predicted molar refractivity (Wildman–Crippen MR) is 97.3 cm³/mol. The van der Waals surface area contributed by atoms with Crippen LogP contribution in [0, 0.1) is 5.82 Å². The van der Waals surface area contributed by atoms with Crippen molar-refractivity contribution in [3.05, 3.63) is 71.8 Å². The van der Waals surface area contributed by atoms with Crippen LogP contribution >= 0.6 is 0 Å². The van der Waals surface area contributed by atoms with Gasteiger partial charge in [0.05, 0.1) is 18.4 Å². The number of para-hydroxylation sites is 2. The molecule has 2 aromatic carbocycles. The van der Waals surface area contributed by atoms with Crippen molar-refractivity contribution in [2.45, 2.75) is 12.6 Å². The Morgan fingerprint density at radius 1 is 1.25 bits per heavy atom. The van der Waals surface area contributed by atoms with Crippen molar-refractivity contribution in [1.82, 2.24) is 20.3 Å². The largest absolute Gasteiger partial charge is 0.489 e. The molecule has 9 heteroatoms. The number of nitrogens with zero attached hydrogens (tertiary/aromatic N) is 3. The SMILES string of the molecule is O=C(N[C@@H]1COc2ccccc2NC1=O)c1cn(Cc2ccc(F)cc2)nn1. The van der Waals surface area contributed by atoms with E-state index in [1.165, 1.54) is 23.0 Å². The molecule has 0 fully saturated rings. The van der Waals surface area contributed by atoms with E-state index >= 15 is 0 Å². The van der Waals surface area contributed by atoms with E-state index in [4.69, 9.17) is 4.74 Å². The topological polar surface area (TPSA) is 98.1 Å². The number of aromatic nitrogens is 3. The van der Waals surface area contributed by atoms with Gasteiger partial charge >= 0.3 is 0 Å². The molecule has 0 saturated carbocycles. The van der Waals surface area contributed by atoms with Gasteiger partial charge in [-0.05, 0) is 29.8 Å². The number of rotatable bonds is 4. The highest BCUT2D eigenvalue weighted by atomic mass is 19.1. The summed E-state index contributed by atoms with van der Waals surface area (Å²) >= 11 is 0. The molecule has 0 unspecified atom stereocenters. The molecule has 2 N–H and O–H groups in total. The van der Waals surface area contributed by atoms with Crippen molar-refractivity contribution < 1.29 is 18.7 Å². The molecular weight excluding hydrogens is 365 g/mol. The van der Waals surface area contributed by atoms with Gasteiger partial charge in [-0.2, -0.15) is 0 Å². The maximum absolute atomic E-state index is 13.0. The van der Waals surface area contributed by atoms with Crippen molar-refractivity contribution in [3.8, 4) is 5.75 Å². The summed E-state index contributed by atoms with van der Waals surface area (Å²) in [4.78, 5) is 24.8. The normalized spacial score (nSPS) is 15.8. The van der Waals surface area contributed by atoms with Gasteiger partial charge in [0.15, 0.2) is 5.69 Å². The summed E-state index contributed by atoms with van der Waals surface area (Å²) in [6, 6.07) is 12.1. The minimum Gasteiger partial charge on any atom is -0.489 e. The maximum atomic E-state index is 13.0. The standard InChI is InChI=1S/C19H16FN5O3/c20-13-7-5-12(6-8-13)9-25-10-15(23-24-25)18(26)22-16-11-28-17-4-2-1-3-14(17)21-19(16)27/h1-8,10,16H,9,11H2,(H,21,27)(H,22,26)/t16-/m1/s1. The second-order valence-electron chi connectivity index (χ2n) is 6.25. The summed E-state index contributed by atoms with van der Waals surface area (Å²) < 4.78 is 20.0. The molecule has 0 radical (unpaired) electrons. The molecular formula is C19H16FN5O3. The zero-order valence-corrected chi connectivity index (χ0v) is 14.6. The second kappa shape index (κ2) is 7.47. The molecule has 1 atom stereocenters. The maximum Gasteiger partial charge on any atom is 0.274 e. The Morgan fingerprint density at radius 3 is 2.86 bits per heavy atom. The summed E-state index contributed by atoms with van der Waals surface area (Å²) in [5, 5.41) is 13.1. The predicted octanol–water partition coefficient (Wildman–Crippen LogP) is 1.59. The molecule has 1 aliphatic heterocycles. The highest BCUT2D eigenvalue weighted by molar-refractivity contribution is 6.01. The first-order chi connectivity index (χ1) is 13.6. The molecule has 4 rings (SSSR count). The van der Waals surface area contributed by atoms with E-state index in [0.29, 0.717) is 18.0 Å². The lowest BCUT2D eigenvalue weighted by Crippen LogP contribution is -2.46. The average molecular weight is 381 g/mol. The first-order valence-electron chi connectivity index (χ1n) is 8.56. The molecule has 3 aromatic rings. The fourth-order valence-corrected chi connectivity index (χ4v) is 2.76. The Labute approximate surface area is 159 Å². The number of nitrogens with one attached hydrogen (secondary N) is 2. The van der Waals surface area contributed by atoms with Crippen molar-refractivity contribution in [2.75, 3.05) is 11.9 Å². The fraction of sp³-hybridized carbons (Fsp3) is 0.158. The molecule has 142 valence electrons. The Kier molecular flexibility index (Phi) is 4.71. The van der Waals surface area contributed by atoms with Crippen molar-refractivity contribution in [3.63, 3.8) is 0 Å². The summed E-state index contributed by atoms with van der Waals surface area (Å²) in [5.41, 5.74) is 1.43. The number of hydrogen-bond acceptors (Lipinski definition) is 5.